The Morgan fingerprint density at radius 2 is 2.12 bits per heavy atom. The summed E-state index contributed by atoms with van der Waals surface area (Å²) in [6, 6.07) is 8.98. The average Bonchev–Trinajstić information content (AvgIpc) is 2.81. The van der Waals surface area contributed by atoms with Crippen molar-refractivity contribution in [1.29, 1.82) is 0 Å². The third-order valence-corrected chi connectivity index (χ3v) is 2.77. The van der Waals surface area contributed by atoms with Gasteiger partial charge in [-0.05, 0) is 24.3 Å². The van der Waals surface area contributed by atoms with Gasteiger partial charge in [-0.25, -0.2) is 0 Å². The van der Waals surface area contributed by atoms with Crippen molar-refractivity contribution >= 4 is 27.5 Å². The molecule has 1 aromatic carbocycles. The van der Waals surface area contributed by atoms with Crippen molar-refractivity contribution in [3.63, 3.8) is 0 Å². The maximum atomic E-state index is 11.8. The number of halogens is 1. The highest BCUT2D eigenvalue weighted by atomic mass is 79.9. The summed E-state index contributed by atoms with van der Waals surface area (Å²) in [6.07, 6.45) is 0.721. The minimum atomic E-state index is -0.268. The molecular weight excluding hydrogens is 284 g/mol. The van der Waals surface area contributed by atoms with Gasteiger partial charge in [0.05, 0.1) is 0 Å². The number of aryl methyl sites for hydroxylation is 1. The first kappa shape index (κ1) is 11.9. The number of nitrogens with one attached hydrogen (secondary N) is 1. The number of carbonyl (C=O) groups is 1. The van der Waals surface area contributed by atoms with Crippen LogP contribution in [0.4, 0.5) is 5.69 Å². The molecule has 0 aliphatic carbocycles. The number of aromatic nitrogens is 1. The molecule has 17 heavy (non-hydrogen) atoms. The second-order valence-electron chi connectivity index (χ2n) is 3.49. The summed E-state index contributed by atoms with van der Waals surface area (Å²) in [7, 11) is 0. The first-order chi connectivity index (χ1) is 8.19. The summed E-state index contributed by atoms with van der Waals surface area (Å²) >= 11 is 3.33. The molecule has 0 radical (unpaired) electrons. The molecule has 1 aromatic heterocycles. The average molecular weight is 295 g/mol. The van der Waals surface area contributed by atoms with E-state index in [1.165, 1.54) is 0 Å². The van der Waals surface area contributed by atoms with Gasteiger partial charge in [0.25, 0.3) is 5.91 Å². The molecule has 0 saturated carbocycles. The number of nitrogens with zero attached hydrogens (tertiary/aromatic N) is 1. The highest BCUT2D eigenvalue weighted by molar-refractivity contribution is 9.10. The van der Waals surface area contributed by atoms with Crippen LogP contribution in [-0.4, -0.2) is 11.1 Å². The number of amides is 1. The number of carbonyl (C=O) groups excluding carboxylic acids is 1. The summed E-state index contributed by atoms with van der Waals surface area (Å²) in [4.78, 5) is 11.8. The standard InChI is InChI=1S/C12H11BrN2O2/c1-2-10-7-11(15-17-10)12(16)14-9-5-3-8(13)4-6-9/h3-7H,2H2,1H3,(H,14,16). The molecule has 0 unspecified atom stereocenters. The molecular formula is C12H11BrN2O2. The van der Waals surface area contributed by atoms with E-state index < -0.39 is 0 Å². The molecule has 0 aliphatic heterocycles. The molecule has 88 valence electrons. The fraction of sp³-hybridized carbons (Fsp3) is 0.167. The predicted molar refractivity (Wildman–Crippen MR) is 68.0 cm³/mol. The van der Waals surface area contributed by atoms with E-state index in [1.54, 1.807) is 6.07 Å². The van der Waals surface area contributed by atoms with Crippen molar-refractivity contribution in [2.75, 3.05) is 5.32 Å². The number of benzene rings is 1. The summed E-state index contributed by atoms with van der Waals surface area (Å²) < 4.78 is 5.94. The molecule has 4 nitrogen and oxygen atoms in total. The van der Waals surface area contributed by atoms with Gasteiger partial charge in [0, 0.05) is 22.6 Å². The highest BCUT2D eigenvalue weighted by Gasteiger charge is 2.11. The summed E-state index contributed by atoms with van der Waals surface area (Å²) in [5, 5.41) is 6.44. The Labute approximate surface area is 107 Å². The minimum Gasteiger partial charge on any atom is -0.361 e. The molecule has 2 rings (SSSR count). The predicted octanol–water partition coefficient (Wildman–Crippen LogP) is 3.25. The Morgan fingerprint density at radius 3 is 2.71 bits per heavy atom. The van der Waals surface area contributed by atoms with Crippen molar-refractivity contribution < 1.29 is 9.32 Å². The van der Waals surface area contributed by atoms with Crippen LogP contribution < -0.4 is 5.32 Å². The fourth-order valence-electron chi connectivity index (χ4n) is 1.31. The topological polar surface area (TPSA) is 55.1 Å². The van der Waals surface area contributed by atoms with E-state index in [4.69, 9.17) is 4.52 Å². The van der Waals surface area contributed by atoms with Gasteiger partial charge in [0.1, 0.15) is 5.76 Å². The maximum absolute atomic E-state index is 11.8. The van der Waals surface area contributed by atoms with Gasteiger partial charge >= 0.3 is 0 Å². The molecule has 5 heteroatoms. The van der Waals surface area contributed by atoms with Crippen molar-refractivity contribution in [2.45, 2.75) is 13.3 Å². The highest BCUT2D eigenvalue weighted by Crippen LogP contribution is 2.15. The van der Waals surface area contributed by atoms with Gasteiger partial charge in [-0.15, -0.1) is 0 Å². The minimum absolute atomic E-state index is 0.268. The van der Waals surface area contributed by atoms with Crippen LogP contribution in [-0.2, 0) is 6.42 Å². The lowest BCUT2D eigenvalue weighted by Gasteiger charge is -2.01. The number of hydrogen-bond donors (Lipinski definition) is 1. The first-order valence-electron chi connectivity index (χ1n) is 5.21. The summed E-state index contributed by atoms with van der Waals surface area (Å²) in [5.41, 5.74) is 1.02. The van der Waals surface area contributed by atoms with Crippen LogP contribution in [0.5, 0.6) is 0 Å². The lowest BCUT2D eigenvalue weighted by atomic mass is 10.3. The van der Waals surface area contributed by atoms with Crippen LogP contribution in [0, 0.1) is 0 Å². The van der Waals surface area contributed by atoms with Crippen LogP contribution in [0.15, 0.2) is 39.3 Å². The fourth-order valence-corrected chi connectivity index (χ4v) is 1.58. The Bertz CT molecular complexity index is 520. The quantitative estimate of drug-likeness (QED) is 0.945. The maximum Gasteiger partial charge on any atom is 0.277 e. The van der Waals surface area contributed by atoms with E-state index in [9.17, 15) is 4.79 Å². The molecule has 2 aromatic rings. The monoisotopic (exact) mass is 294 g/mol. The first-order valence-corrected chi connectivity index (χ1v) is 6.01. The van der Waals surface area contributed by atoms with Gasteiger partial charge in [-0.2, -0.15) is 0 Å². The van der Waals surface area contributed by atoms with Gasteiger partial charge < -0.3 is 9.84 Å². The van der Waals surface area contributed by atoms with Crippen LogP contribution in [0.2, 0.25) is 0 Å². The van der Waals surface area contributed by atoms with Crippen LogP contribution in [0.1, 0.15) is 23.2 Å². The lowest BCUT2D eigenvalue weighted by Crippen LogP contribution is -2.11. The second-order valence-corrected chi connectivity index (χ2v) is 4.41. The molecule has 0 saturated heterocycles. The Kier molecular flexibility index (Phi) is 3.58. The Morgan fingerprint density at radius 1 is 1.41 bits per heavy atom. The van der Waals surface area contributed by atoms with Crippen molar-refractivity contribution in [2.24, 2.45) is 0 Å². The molecule has 0 aliphatic rings. The lowest BCUT2D eigenvalue weighted by molar-refractivity contribution is 0.101. The number of hydrogen-bond acceptors (Lipinski definition) is 3. The van der Waals surface area contributed by atoms with E-state index in [0.717, 1.165) is 16.6 Å². The van der Waals surface area contributed by atoms with Gasteiger partial charge in [-0.3, -0.25) is 4.79 Å². The van der Waals surface area contributed by atoms with E-state index in [2.05, 4.69) is 26.4 Å². The van der Waals surface area contributed by atoms with E-state index in [1.807, 2.05) is 31.2 Å². The number of rotatable bonds is 3. The molecule has 0 spiro atoms. The smallest absolute Gasteiger partial charge is 0.277 e. The van der Waals surface area contributed by atoms with Crippen LogP contribution in [0.3, 0.4) is 0 Å². The SMILES string of the molecule is CCc1cc(C(=O)Nc2ccc(Br)cc2)no1. The molecule has 1 N–H and O–H groups in total. The molecule has 0 fully saturated rings. The van der Waals surface area contributed by atoms with E-state index >= 15 is 0 Å². The largest absolute Gasteiger partial charge is 0.361 e. The molecule has 1 amide bonds. The van der Waals surface area contributed by atoms with Crippen LogP contribution in [0.25, 0.3) is 0 Å². The van der Waals surface area contributed by atoms with Crippen molar-refractivity contribution in [3.05, 3.63) is 46.3 Å². The Balaban J connectivity index is 2.08. The zero-order valence-electron chi connectivity index (χ0n) is 9.24. The molecule has 1 heterocycles. The van der Waals surface area contributed by atoms with Crippen molar-refractivity contribution in [1.82, 2.24) is 5.16 Å². The van der Waals surface area contributed by atoms with E-state index in [-0.39, 0.29) is 5.91 Å². The van der Waals surface area contributed by atoms with E-state index in [0.29, 0.717) is 11.5 Å². The second kappa shape index (κ2) is 5.14. The third kappa shape index (κ3) is 2.94. The molecule has 0 bridgehead atoms. The third-order valence-electron chi connectivity index (χ3n) is 2.24. The Hall–Kier alpha value is -1.62. The zero-order chi connectivity index (χ0) is 12.3. The van der Waals surface area contributed by atoms with Crippen LogP contribution >= 0.6 is 15.9 Å². The molecule has 0 atom stereocenters. The van der Waals surface area contributed by atoms with Gasteiger partial charge in [0.2, 0.25) is 0 Å². The van der Waals surface area contributed by atoms with Crippen molar-refractivity contribution in [3.8, 4) is 0 Å². The summed E-state index contributed by atoms with van der Waals surface area (Å²) in [6.45, 7) is 1.94. The van der Waals surface area contributed by atoms with Gasteiger partial charge in [0.15, 0.2) is 5.69 Å². The summed E-state index contributed by atoms with van der Waals surface area (Å²) in [5.74, 6) is 0.432. The van der Waals surface area contributed by atoms with Gasteiger partial charge in [-0.1, -0.05) is 28.0 Å². The number of anilines is 1. The zero-order valence-corrected chi connectivity index (χ0v) is 10.8. The normalized spacial score (nSPS) is 10.2.